The van der Waals surface area contributed by atoms with Crippen LogP contribution in [0.3, 0.4) is 0 Å². The van der Waals surface area contributed by atoms with Crippen LogP contribution in [0, 0.1) is 0 Å². The first kappa shape index (κ1) is 15.9. The summed E-state index contributed by atoms with van der Waals surface area (Å²) in [6.07, 6.45) is 0. The first-order valence-electron chi connectivity index (χ1n) is 7.41. The van der Waals surface area contributed by atoms with Crippen molar-refractivity contribution >= 4 is 11.8 Å². The average Bonchev–Trinajstić information content (AvgIpc) is 2.65. The van der Waals surface area contributed by atoms with Gasteiger partial charge in [-0.3, -0.25) is 4.79 Å². The highest BCUT2D eigenvalue weighted by Gasteiger charge is 2.17. The lowest BCUT2D eigenvalue weighted by molar-refractivity contribution is 0.0474. The van der Waals surface area contributed by atoms with Crippen LogP contribution in [-0.2, 0) is 4.74 Å². The monoisotopic (exact) mass is 328 g/mol. The maximum Gasteiger partial charge on any atom is 0.338 e. The molecule has 1 aliphatic rings. The zero-order chi connectivity index (χ0) is 16.9. The number of methoxy groups -OCH3 is 1. The van der Waals surface area contributed by atoms with E-state index >= 15 is 0 Å². The van der Waals surface area contributed by atoms with Crippen LogP contribution in [0.15, 0.2) is 42.5 Å². The Morgan fingerprint density at radius 1 is 1.00 bits per heavy atom. The normalized spacial score (nSPS) is 12.4. The van der Waals surface area contributed by atoms with E-state index in [9.17, 15) is 9.59 Å². The zero-order valence-corrected chi connectivity index (χ0v) is 13.1. The lowest BCUT2D eigenvalue weighted by Gasteiger charge is -2.18. The van der Waals surface area contributed by atoms with E-state index in [1.807, 2.05) is 0 Å². The fourth-order valence-corrected chi connectivity index (χ4v) is 2.26. The van der Waals surface area contributed by atoms with E-state index in [1.54, 1.807) is 42.5 Å². The van der Waals surface area contributed by atoms with Crippen molar-refractivity contribution in [2.75, 3.05) is 26.9 Å². The van der Waals surface area contributed by atoms with Gasteiger partial charge in [0.05, 0.1) is 12.7 Å². The first-order valence-corrected chi connectivity index (χ1v) is 7.41. The summed E-state index contributed by atoms with van der Waals surface area (Å²) in [6, 6.07) is 11.4. The molecule has 0 aromatic heterocycles. The van der Waals surface area contributed by atoms with E-state index in [1.165, 1.54) is 7.11 Å². The van der Waals surface area contributed by atoms with Crippen molar-refractivity contribution in [3.63, 3.8) is 0 Å². The molecule has 0 unspecified atom stereocenters. The summed E-state index contributed by atoms with van der Waals surface area (Å²) in [6.45, 7) is 0.573. The zero-order valence-electron chi connectivity index (χ0n) is 13.1. The van der Waals surface area contributed by atoms with Crippen molar-refractivity contribution < 1.29 is 28.5 Å². The second-order valence-corrected chi connectivity index (χ2v) is 5.09. The Kier molecular flexibility index (Phi) is 4.65. The summed E-state index contributed by atoms with van der Waals surface area (Å²) in [4.78, 5) is 24.2. The maximum atomic E-state index is 12.2. The molecule has 0 atom stereocenters. The minimum absolute atomic E-state index is 0.316. The van der Waals surface area contributed by atoms with Crippen LogP contribution in [0.4, 0.5) is 0 Å². The summed E-state index contributed by atoms with van der Waals surface area (Å²) in [5, 5.41) is 0. The molecule has 0 spiro atoms. The number of rotatable bonds is 5. The summed E-state index contributed by atoms with van der Waals surface area (Å²) < 4.78 is 21.0. The fourth-order valence-electron chi connectivity index (χ4n) is 2.26. The molecule has 124 valence electrons. The molecular weight excluding hydrogens is 312 g/mol. The molecule has 24 heavy (non-hydrogen) atoms. The number of ketones is 1. The topological polar surface area (TPSA) is 71.1 Å². The lowest BCUT2D eigenvalue weighted by Crippen LogP contribution is -2.17. The molecule has 0 radical (unpaired) electrons. The number of hydrogen-bond acceptors (Lipinski definition) is 6. The Morgan fingerprint density at radius 2 is 1.79 bits per heavy atom. The van der Waals surface area contributed by atoms with Gasteiger partial charge in [0.2, 0.25) is 0 Å². The van der Waals surface area contributed by atoms with Crippen molar-refractivity contribution in [2.45, 2.75) is 0 Å². The van der Waals surface area contributed by atoms with E-state index in [0.717, 1.165) is 0 Å². The molecular formula is C18H16O6. The molecule has 6 heteroatoms. The third kappa shape index (κ3) is 3.48. The van der Waals surface area contributed by atoms with E-state index < -0.39 is 5.97 Å². The van der Waals surface area contributed by atoms with E-state index in [4.69, 9.17) is 18.9 Å². The van der Waals surface area contributed by atoms with Crippen molar-refractivity contribution in [3.8, 4) is 17.2 Å². The summed E-state index contributed by atoms with van der Waals surface area (Å²) in [5.41, 5.74) is 0.724. The van der Waals surface area contributed by atoms with Crippen molar-refractivity contribution in [1.29, 1.82) is 0 Å². The van der Waals surface area contributed by atoms with E-state index in [2.05, 4.69) is 0 Å². The molecule has 2 aromatic rings. The molecule has 0 saturated carbocycles. The van der Waals surface area contributed by atoms with Gasteiger partial charge in [-0.2, -0.15) is 0 Å². The summed E-state index contributed by atoms with van der Waals surface area (Å²) in [5.74, 6) is 0.767. The Morgan fingerprint density at radius 3 is 2.58 bits per heavy atom. The molecule has 0 N–H and O–H groups in total. The third-order valence-corrected chi connectivity index (χ3v) is 3.50. The molecule has 0 saturated heterocycles. The highest BCUT2D eigenvalue weighted by molar-refractivity contribution is 5.99. The first-order chi connectivity index (χ1) is 11.7. The van der Waals surface area contributed by atoms with Crippen molar-refractivity contribution in [3.05, 3.63) is 53.6 Å². The van der Waals surface area contributed by atoms with Gasteiger partial charge >= 0.3 is 5.97 Å². The lowest BCUT2D eigenvalue weighted by atomic mass is 10.1. The van der Waals surface area contributed by atoms with Gasteiger partial charge in [0.15, 0.2) is 23.9 Å². The minimum Gasteiger partial charge on any atom is -0.497 e. The Bertz CT molecular complexity index is 768. The summed E-state index contributed by atoms with van der Waals surface area (Å²) >= 11 is 0. The minimum atomic E-state index is -0.584. The number of carbonyl (C=O) groups is 2. The smallest absolute Gasteiger partial charge is 0.338 e. The third-order valence-electron chi connectivity index (χ3n) is 3.50. The van der Waals surface area contributed by atoms with Gasteiger partial charge in [-0.25, -0.2) is 4.79 Å². The molecule has 3 rings (SSSR count). The van der Waals surface area contributed by atoms with Crippen LogP contribution in [0.2, 0.25) is 0 Å². The molecule has 1 aliphatic heterocycles. The Balaban J connectivity index is 1.63. The van der Waals surface area contributed by atoms with Gasteiger partial charge in [-0.15, -0.1) is 0 Å². The van der Waals surface area contributed by atoms with Crippen LogP contribution in [0.1, 0.15) is 20.7 Å². The van der Waals surface area contributed by atoms with E-state index in [-0.39, 0.29) is 12.4 Å². The number of benzene rings is 2. The number of hydrogen-bond donors (Lipinski definition) is 0. The molecule has 0 bridgehead atoms. The Labute approximate surface area is 138 Å². The second kappa shape index (κ2) is 7.04. The fraction of sp³-hybridized carbons (Fsp3) is 0.222. The number of esters is 1. The number of carbonyl (C=O) groups excluding carboxylic acids is 2. The van der Waals surface area contributed by atoms with Gasteiger partial charge < -0.3 is 18.9 Å². The van der Waals surface area contributed by atoms with Crippen LogP contribution in [0.25, 0.3) is 0 Å². The molecule has 0 aliphatic carbocycles. The predicted molar refractivity (Wildman–Crippen MR) is 85.0 cm³/mol. The molecule has 6 nitrogen and oxygen atoms in total. The number of fused-ring (bicyclic) bond motifs is 1. The van der Waals surface area contributed by atoms with Crippen LogP contribution in [-0.4, -0.2) is 38.7 Å². The second-order valence-electron chi connectivity index (χ2n) is 5.09. The quantitative estimate of drug-likeness (QED) is 0.620. The number of Topliss-reactive ketones (excluding diaryl/α,β-unsaturated/α-hetero) is 1. The van der Waals surface area contributed by atoms with Gasteiger partial charge in [0.1, 0.15) is 19.0 Å². The molecule has 2 aromatic carbocycles. The molecule has 0 amide bonds. The van der Waals surface area contributed by atoms with Crippen molar-refractivity contribution in [1.82, 2.24) is 0 Å². The van der Waals surface area contributed by atoms with Crippen LogP contribution in [0.5, 0.6) is 17.2 Å². The highest BCUT2D eigenvalue weighted by atomic mass is 16.6. The van der Waals surface area contributed by atoms with Crippen LogP contribution < -0.4 is 14.2 Å². The SMILES string of the molecule is COc1cccc(C(=O)OCC(=O)c2ccc3c(c2)OCCO3)c1. The average molecular weight is 328 g/mol. The van der Waals surface area contributed by atoms with Gasteiger partial charge in [0, 0.05) is 5.56 Å². The molecule has 0 fully saturated rings. The predicted octanol–water partition coefficient (Wildman–Crippen LogP) is 2.51. The maximum absolute atomic E-state index is 12.2. The Hall–Kier alpha value is -3.02. The molecule has 1 heterocycles. The van der Waals surface area contributed by atoms with Gasteiger partial charge in [-0.1, -0.05) is 6.07 Å². The highest BCUT2D eigenvalue weighted by Crippen LogP contribution is 2.30. The number of ether oxygens (including phenoxy) is 4. The van der Waals surface area contributed by atoms with Gasteiger partial charge in [-0.05, 0) is 36.4 Å². The van der Waals surface area contributed by atoms with Crippen molar-refractivity contribution in [2.24, 2.45) is 0 Å². The van der Waals surface area contributed by atoms with Crippen LogP contribution >= 0.6 is 0 Å². The van der Waals surface area contributed by atoms with Gasteiger partial charge in [0.25, 0.3) is 0 Å². The largest absolute Gasteiger partial charge is 0.497 e. The van der Waals surface area contributed by atoms with E-state index in [0.29, 0.717) is 41.6 Å². The summed E-state index contributed by atoms with van der Waals surface area (Å²) in [7, 11) is 1.51. The standard InChI is InChI=1S/C18H16O6/c1-21-14-4-2-3-13(9-14)18(20)24-11-15(19)12-5-6-16-17(10-12)23-8-7-22-16/h2-6,9-10H,7-8,11H2,1H3.